The van der Waals surface area contributed by atoms with Gasteiger partial charge in [-0.05, 0) is 37.8 Å². The van der Waals surface area contributed by atoms with Crippen molar-refractivity contribution in [1.29, 1.82) is 0 Å². The van der Waals surface area contributed by atoms with Crippen LogP contribution in [0.25, 0.3) is 0 Å². The van der Waals surface area contributed by atoms with Crippen molar-refractivity contribution >= 4 is 23.6 Å². The number of nitrogens with zero attached hydrogens (tertiary/aromatic N) is 1. The first-order valence-electron chi connectivity index (χ1n) is 10.1. The first-order chi connectivity index (χ1) is 13.6. The van der Waals surface area contributed by atoms with Crippen LogP contribution in [0.2, 0.25) is 0 Å². The molecule has 1 saturated heterocycles. The van der Waals surface area contributed by atoms with Gasteiger partial charge in [-0.25, -0.2) is 0 Å². The molecule has 1 aliphatic rings. The van der Waals surface area contributed by atoms with Gasteiger partial charge in [0.05, 0.1) is 12.1 Å². The van der Waals surface area contributed by atoms with Gasteiger partial charge in [-0.15, -0.1) is 11.8 Å². The number of hydrogen-bond donors (Lipinski definition) is 2. The molecular weight excluding hydrogens is 374 g/mol. The van der Waals surface area contributed by atoms with E-state index < -0.39 is 12.1 Å². The molecule has 0 saturated carbocycles. The third-order valence-electron chi connectivity index (χ3n) is 4.87. The Hall–Kier alpha value is -1.79. The lowest BCUT2D eigenvalue weighted by molar-refractivity contribution is -0.137. The highest BCUT2D eigenvalue weighted by atomic mass is 32.2. The number of aliphatic hydroxyl groups excluding tert-OH is 1. The van der Waals surface area contributed by atoms with Crippen LogP contribution < -0.4 is 0 Å². The van der Waals surface area contributed by atoms with Crippen molar-refractivity contribution in [2.45, 2.75) is 68.4 Å². The number of likely N-dealkylation sites (tertiary alicyclic amines) is 1. The van der Waals surface area contributed by atoms with E-state index in [9.17, 15) is 14.7 Å². The molecule has 1 amide bonds. The summed E-state index contributed by atoms with van der Waals surface area (Å²) in [5.41, 5.74) is 0. The topological polar surface area (TPSA) is 77.8 Å². The number of carbonyl (C=O) groups is 2. The molecule has 2 atom stereocenters. The summed E-state index contributed by atoms with van der Waals surface area (Å²) in [6.07, 6.45) is 9.28. The number of thioether (sulfide) groups is 1. The molecule has 5 nitrogen and oxygen atoms in total. The number of aliphatic hydroxyl groups is 1. The van der Waals surface area contributed by atoms with Crippen molar-refractivity contribution in [3.63, 3.8) is 0 Å². The molecule has 1 aromatic rings. The van der Waals surface area contributed by atoms with E-state index in [-0.39, 0.29) is 18.4 Å². The van der Waals surface area contributed by atoms with Crippen LogP contribution in [0.15, 0.2) is 47.4 Å². The van der Waals surface area contributed by atoms with E-state index in [1.165, 1.54) is 0 Å². The first kappa shape index (κ1) is 22.5. The Kier molecular flexibility index (Phi) is 10.1. The number of aliphatic carboxylic acids is 1. The van der Waals surface area contributed by atoms with Crippen molar-refractivity contribution in [2.24, 2.45) is 0 Å². The minimum absolute atomic E-state index is 0.0524. The Bertz CT molecular complexity index is 635. The van der Waals surface area contributed by atoms with Crippen molar-refractivity contribution in [3.05, 3.63) is 42.5 Å². The summed E-state index contributed by atoms with van der Waals surface area (Å²) in [5, 5.41) is 18.9. The van der Waals surface area contributed by atoms with E-state index in [1.807, 2.05) is 47.4 Å². The van der Waals surface area contributed by atoms with Crippen LogP contribution in [0, 0.1) is 0 Å². The van der Waals surface area contributed by atoms with Gasteiger partial charge in [0.15, 0.2) is 0 Å². The Balaban J connectivity index is 1.75. The average molecular weight is 406 g/mol. The summed E-state index contributed by atoms with van der Waals surface area (Å²) in [5.74, 6) is 0.0186. The number of carbonyl (C=O) groups excluding carboxylic acids is 1. The van der Waals surface area contributed by atoms with Crippen LogP contribution in [-0.2, 0) is 9.59 Å². The van der Waals surface area contributed by atoms with E-state index in [4.69, 9.17) is 5.11 Å². The third kappa shape index (κ3) is 8.48. The second kappa shape index (κ2) is 12.6. The molecule has 2 N–H and O–H groups in total. The molecule has 1 aromatic carbocycles. The molecular formula is C22H31NO4S. The smallest absolute Gasteiger partial charge is 0.303 e. The second-order valence-corrected chi connectivity index (χ2v) is 8.27. The van der Waals surface area contributed by atoms with Crippen molar-refractivity contribution in [3.8, 4) is 0 Å². The van der Waals surface area contributed by atoms with E-state index in [2.05, 4.69) is 0 Å². The second-order valence-electron chi connectivity index (χ2n) is 7.18. The number of unbranched alkanes of at least 4 members (excludes halogenated alkanes) is 3. The molecule has 0 aliphatic carbocycles. The van der Waals surface area contributed by atoms with Crippen LogP contribution in [0.4, 0.5) is 0 Å². The van der Waals surface area contributed by atoms with E-state index in [0.717, 1.165) is 37.0 Å². The Morgan fingerprint density at radius 1 is 1.21 bits per heavy atom. The number of piperidine rings is 1. The normalized spacial score (nSPS) is 18.5. The first-order valence-corrected chi connectivity index (χ1v) is 11.1. The van der Waals surface area contributed by atoms with Gasteiger partial charge >= 0.3 is 5.97 Å². The van der Waals surface area contributed by atoms with E-state index in [0.29, 0.717) is 25.1 Å². The van der Waals surface area contributed by atoms with Crippen LogP contribution in [0.1, 0.15) is 51.4 Å². The van der Waals surface area contributed by atoms with Crippen LogP contribution in [0.5, 0.6) is 0 Å². The maximum atomic E-state index is 12.3. The molecule has 0 bridgehead atoms. The lowest BCUT2D eigenvalue weighted by atomic mass is 10.00. The third-order valence-corrected chi connectivity index (χ3v) is 5.98. The zero-order valence-electron chi connectivity index (χ0n) is 16.3. The maximum Gasteiger partial charge on any atom is 0.303 e. The predicted molar refractivity (Wildman–Crippen MR) is 112 cm³/mol. The average Bonchev–Trinajstić information content (AvgIpc) is 2.69. The standard InChI is InChI=1S/C22H31NO4S/c24-19(17-28-20-10-4-3-5-11-20)15-14-18-9-8-12-21(25)23(18)16-7-2-1-6-13-22(26)27/h3-5,10-11,14-15,18-19,24H,1-2,6-9,12-13,16-17H2,(H,26,27)/t18-,19?/m1/s1. The molecule has 6 heteroatoms. The van der Waals surface area contributed by atoms with Gasteiger partial charge < -0.3 is 15.1 Å². The number of benzene rings is 1. The highest BCUT2D eigenvalue weighted by Crippen LogP contribution is 2.22. The quantitative estimate of drug-likeness (QED) is 0.311. The van der Waals surface area contributed by atoms with Gasteiger partial charge in [-0.3, -0.25) is 9.59 Å². The Labute approximate surface area is 171 Å². The van der Waals surface area contributed by atoms with Gasteiger partial charge in [0.25, 0.3) is 0 Å². The van der Waals surface area contributed by atoms with Crippen LogP contribution in [0.3, 0.4) is 0 Å². The SMILES string of the molecule is O=C(O)CCCCCCN1C(=O)CCC[C@@H]1C=CC(O)CSc1ccccc1. The molecule has 1 heterocycles. The highest BCUT2D eigenvalue weighted by molar-refractivity contribution is 7.99. The minimum atomic E-state index is -0.750. The van der Waals surface area contributed by atoms with Crippen molar-refractivity contribution in [2.75, 3.05) is 12.3 Å². The molecule has 1 fully saturated rings. The van der Waals surface area contributed by atoms with Crippen molar-refractivity contribution < 1.29 is 19.8 Å². The lowest BCUT2D eigenvalue weighted by Gasteiger charge is -2.34. The minimum Gasteiger partial charge on any atom is -0.481 e. The van der Waals surface area contributed by atoms with Crippen molar-refractivity contribution in [1.82, 2.24) is 4.90 Å². The molecule has 154 valence electrons. The van der Waals surface area contributed by atoms with Gasteiger partial charge in [0, 0.05) is 30.0 Å². The predicted octanol–water partition coefficient (Wildman–Crippen LogP) is 4.11. The summed E-state index contributed by atoms with van der Waals surface area (Å²) in [7, 11) is 0. The summed E-state index contributed by atoms with van der Waals surface area (Å²) in [6, 6.07) is 10.0. The fraction of sp³-hybridized carbons (Fsp3) is 0.545. The number of hydrogen-bond acceptors (Lipinski definition) is 4. The zero-order chi connectivity index (χ0) is 20.2. The molecule has 0 radical (unpaired) electrons. The number of carboxylic acid groups (broad SMARTS) is 1. The summed E-state index contributed by atoms with van der Waals surface area (Å²) >= 11 is 1.62. The maximum absolute atomic E-state index is 12.3. The Morgan fingerprint density at radius 2 is 1.96 bits per heavy atom. The Morgan fingerprint density at radius 3 is 2.71 bits per heavy atom. The molecule has 0 aromatic heterocycles. The number of amides is 1. The van der Waals surface area contributed by atoms with Gasteiger partial charge in [0.2, 0.25) is 5.91 Å². The molecule has 2 rings (SSSR count). The van der Waals surface area contributed by atoms with Gasteiger partial charge in [-0.2, -0.15) is 0 Å². The van der Waals surface area contributed by atoms with Gasteiger partial charge in [-0.1, -0.05) is 43.2 Å². The number of carboxylic acids is 1. The van der Waals surface area contributed by atoms with E-state index in [1.54, 1.807) is 11.8 Å². The van der Waals surface area contributed by atoms with E-state index >= 15 is 0 Å². The van der Waals surface area contributed by atoms with Crippen LogP contribution in [-0.4, -0.2) is 51.4 Å². The van der Waals surface area contributed by atoms with Gasteiger partial charge in [0.1, 0.15) is 0 Å². The fourth-order valence-electron chi connectivity index (χ4n) is 3.36. The monoisotopic (exact) mass is 405 g/mol. The summed E-state index contributed by atoms with van der Waals surface area (Å²) < 4.78 is 0. The summed E-state index contributed by atoms with van der Waals surface area (Å²) in [4.78, 5) is 25.9. The molecule has 0 spiro atoms. The zero-order valence-corrected chi connectivity index (χ0v) is 17.2. The molecule has 1 unspecified atom stereocenters. The molecule has 1 aliphatic heterocycles. The largest absolute Gasteiger partial charge is 0.481 e. The number of rotatable bonds is 12. The summed E-state index contributed by atoms with van der Waals surface area (Å²) in [6.45, 7) is 0.704. The van der Waals surface area contributed by atoms with Crippen LogP contribution >= 0.6 is 11.8 Å². The fourth-order valence-corrected chi connectivity index (χ4v) is 4.18. The highest BCUT2D eigenvalue weighted by Gasteiger charge is 2.25. The molecule has 28 heavy (non-hydrogen) atoms. The lowest BCUT2D eigenvalue weighted by Crippen LogP contribution is -2.43.